The summed E-state index contributed by atoms with van der Waals surface area (Å²) in [6, 6.07) is 15.1. The van der Waals surface area contributed by atoms with Gasteiger partial charge in [-0.3, -0.25) is 9.59 Å². The maximum Gasteiger partial charge on any atom is 0.246 e. The summed E-state index contributed by atoms with van der Waals surface area (Å²) < 4.78 is 5.99. The molecule has 2 aromatic rings. The molecule has 0 unspecified atom stereocenters. The number of carbonyl (C=O) groups is 2. The number of rotatable bonds is 5. The summed E-state index contributed by atoms with van der Waals surface area (Å²) in [5, 5.41) is 5.55. The molecule has 0 spiro atoms. The zero-order chi connectivity index (χ0) is 17.8. The lowest BCUT2D eigenvalue weighted by Crippen LogP contribution is -2.37. The van der Waals surface area contributed by atoms with Crippen molar-refractivity contribution in [3.63, 3.8) is 0 Å². The normalized spacial score (nSPS) is 17.7. The molecular weight excluding hydrogens is 316 g/mol. The predicted molar refractivity (Wildman–Crippen MR) is 96.5 cm³/mol. The largest absolute Gasteiger partial charge is 0.486 e. The number of ether oxygens (including phenoxy) is 1. The topological polar surface area (TPSA) is 67.4 Å². The molecule has 0 aromatic heterocycles. The summed E-state index contributed by atoms with van der Waals surface area (Å²) in [6.45, 7) is 3.92. The van der Waals surface area contributed by atoms with Crippen molar-refractivity contribution in [1.29, 1.82) is 0 Å². The molecule has 1 aliphatic rings. The molecule has 2 N–H and O–H groups in total. The molecule has 1 saturated heterocycles. The zero-order valence-corrected chi connectivity index (χ0v) is 14.4. The van der Waals surface area contributed by atoms with Gasteiger partial charge >= 0.3 is 0 Å². The second kappa shape index (κ2) is 7.38. The van der Waals surface area contributed by atoms with E-state index in [4.69, 9.17) is 4.74 Å². The summed E-state index contributed by atoms with van der Waals surface area (Å²) in [6.07, 6.45) is 0.885. The number of hydrogen-bond donors (Lipinski definition) is 2. The summed E-state index contributed by atoms with van der Waals surface area (Å²) in [5.41, 5.74) is 2.75. The molecule has 1 heterocycles. The summed E-state index contributed by atoms with van der Waals surface area (Å²) in [5.74, 6) is 0.497. The molecule has 1 fully saturated rings. The van der Waals surface area contributed by atoms with Crippen LogP contribution in [0.4, 0.5) is 5.69 Å². The molecule has 2 aromatic carbocycles. The monoisotopic (exact) mass is 338 g/mol. The van der Waals surface area contributed by atoms with Gasteiger partial charge in [0.1, 0.15) is 17.9 Å². The van der Waals surface area contributed by atoms with E-state index in [1.54, 1.807) is 0 Å². The molecular formula is C20H22N2O3. The van der Waals surface area contributed by atoms with Gasteiger partial charge in [0.2, 0.25) is 11.8 Å². The lowest BCUT2D eigenvalue weighted by atomic mass is 10.1. The smallest absolute Gasteiger partial charge is 0.246 e. The standard InChI is InChI=1S/C20H22N2O3/c1-13-12-16(25-14(2)15-6-4-3-5-7-15)8-9-17(13)22-20(24)18-10-11-19(23)21-18/h3-9,12,14,18H,10-11H2,1-2H3,(H,21,23)(H,22,24)/t14-,18+/m1/s1. The fraction of sp³-hybridized carbons (Fsp3) is 0.300. The highest BCUT2D eigenvalue weighted by atomic mass is 16.5. The second-order valence-corrected chi connectivity index (χ2v) is 6.30. The van der Waals surface area contributed by atoms with Crippen LogP contribution in [0, 0.1) is 6.92 Å². The number of amides is 2. The van der Waals surface area contributed by atoms with E-state index in [0.717, 1.165) is 22.6 Å². The first kappa shape index (κ1) is 17.0. The highest BCUT2D eigenvalue weighted by Crippen LogP contribution is 2.26. The van der Waals surface area contributed by atoms with Gasteiger partial charge in [-0.1, -0.05) is 30.3 Å². The van der Waals surface area contributed by atoms with Crippen LogP contribution < -0.4 is 15.4 Å². The van der Waals surface area contributed by atoms with E-state index in [1.165, 1.54) is 0 Å². The van der Waals surface area contributed by atoms with Gasteiger partial charge < -0.3 is 15.4 Å². The van der Waals surface area contributed by atoms with Gasteiger partial charge in [-0.05, 0) is 49.6 Å². The Morgan fingerprint density at radius 2 is 2.00 bits per heavy atom. The van der Waals surface area contributed by atoms with Crippen LogP contribution in [0.1, 0.15) is 37.0 Å². The van der Waals surface area contributed by atoms with E-state index in [1.807, 2.05) is 62.4 Å². The number of anilines is 1. The van der Waals surface area contributed by atoms with Gasteiger partial charge in [0.25, 0.3) is 0 Å². The quantitative estimate of drug-likeness (QED) is 0.878. The van der Waals surface area contributed by atoms with E-state index >= 15 is 0 Å². The Labute approximate surface area is 147 Å². The van der Waals surface area contributed by atoms with E-state index in [-0.39, 0.29) is 17.9 Å². The highest BCUT2D eigenvalue weighted by molar-refractivity contribution is 5.99. The Kier molecular flexibility index (Phi) is 5.03. The fourth-order valence-electron chi connectivity index (χ4n) is 2.88. The molecule has 1 aliphatic heterocycles. The number of carbonyl (C=O) groups excluding carboxylic acids is 2. The van der Waals surface area contributed by atoms with Gasteiger partial charge in [0.05, 0.1) is 0 Å². The number of nitrogens with one attached hydrogen (secondary N) is 2. The first-order chi connectivity index (χ1) is 12.0. The molecule has 0 radical (unpaired) electrons. The van der Waals surface area contributed by atoms with Crippen LogP contribution in [0.15, 0.2) is 48.5 Å². The molecule has 25 heavy (non-hydrogen) atoms. The first-order valence-electron chi connectivity index (χ1n) is 8.45. The minimum atomic E-state index is -0.444. The van der Waals surface area contributed by atoms with Crippen LogP contribution in [-0.2, 0) is 9.59 Å². The second-order valence-electron chi connectivity index (χ2n) is 6.30. The van der Waals surface area contributed by atoms with E-state index in [2.05, 4.69) is 10.6 Å². The Hall–Kier alpha value is -2.82. The Bertz CT molecular complexity index is 774. The number of aryl methyl sites for hydroxylation is 1. The number of hydrogen-bond acceptors (Lipinski definition) is 3. The minimum absolute atomic E-state index is 0.0604. The lowest BCUT2D eigenvalue weighted by Gasteiger charge is -2.17. The van der Waals surface area contributed by atoms with Gasteiger partial charge in [-0.15, -0.1) is 0 Å². The van der Waals surface area contributed by atoms with E-state index in [0.29, 0.717) is 12.8 Å². The average Bonchev–Trinajstić information content (AvgIpc) is 3.04. The van der Waals surface area contributed by atoms with Crippen molar-refractivity contribution in [2.75, 3.05) is 5.32 Å². The third-order valence-corrected chi connectivity index (χ3v) is 4.35. The van der Waals surface area contributed by atoms with Crippen molar-refractivity contribution in [2.24, 2.45) is 0 Å². The third-order valence-electron chi connectivity index (χ3n) is 4.35. The summed E-state index contributed by atoms with van der Waals surface area (Å²) in [4.78, 5) is 23.4. The van der Waals surface area contributed by atoms with Gasteiger partial charge in [-0.25, -0.2) is 0 Å². The molecule has 130 valence electrons. The first-order valence-corrected chi connectivity index (χ1v) is 8.45. The molecule has 2 amide bonds. The van der Waals surface area contributed by atoms with Gasteiger partial charge in [0.15, 0.2) is 0 Å². The van der Waals surface area contributed by atoms with Crippen LogP contribution in [-0.4, -0.2) is 17.9 Å². The molecule has 5 heteroatoms. The average molecular weight is 338 g/mol. The maximum absolute atomic E-state index is 12.2. The maximum atomic E-state index is 12.2. The Balaban J connectivity index is 1.64. The highest BCUT2D eigenvalue weighted by Gasteiger charge is 2.27. The Morgan fingerprint density at radius 1 is 1.24 bits per heavy atom. The third kappa shape index (κ3) is 4.18. The van der Waals surface area contributed by atoms with Crippen LogP contribution in [0.25, 0.3) is 0 Å². The van der Waals surface area contributed by atoms with Crippen molar-refractivity contribution in [3.05, 3.63) is 59.7 Å². The van der Waals surface area contributed by atoms with Crippen molar-refractivity contribution in [1.82, 2.24) is 5.32 Å². The molecule has 0 bridgehead atoms. The summed E-state index contributed by atoms with van der Waals surface area (Å²) >= 11 is 0. The molecule has 5 nitrogen and oxygen atoms in total. The molecule has 2 atom stereocenters. The predicted octanol–water partition coefficient (Wildman–Crippen LogP) is 3.35. The van der Waals surface area contributed by atoms with Gasteiger partial charge in [0, 0.05) is 12.1 Å². The lowest BCUT2D eigenvalue weighted by molar-refractivity contribution is -0.122. The van der Waals surface area contributed by atoms with Crippen LogP contribution in [0.5, 0.6) is 5.75 Å². The molecule has 0 saturated carbocycles. The number of benzene rings is 2. The summed E-state index contributed by atoms with van der Waals surface area (Å²) in [7, 11) is 0. The van der Waals surface area contributed by atoms with Crippen molar-refractivity contribution < 1.29 is 14.3 Å². The zero-order valence-electron chi connectivity index (χ0n) is 14.4. The fourth-order valence-corrected chi connectivity index (χ4v) is 2.88. The van der Waals surface area contributed by atoms with Crippen molar-refractivity contribution in [3.8, 4) is 5.75 Å². The van der Waals surface area contributed by atoms with E-state index < -0.39 is 6.04 Å². The molecule has 0 aliphatic carbocycles. The van der Waals surface area contributed by atoms with Crippen molar-refractivity contribution in [2.45, 2.75) is 38.8 Å². The van der Waals surface area contributed by atoms with Crippen molar-refractivity contribution >= 4 is 17.5 Å². The molecule has 3 rings (SSSR count). The van der Waals surface area contributed by atoms with Crippen LogP contribution in [0.3, 0.4) is 0 Å². The van der Waals surface area contributed by atoms with Gasteiger partial charge in [-0.2, -0.15) is 0 Å². The van der Waals surface area contributed by atoms with E-state index in [9.17, 15) is 9.59 Å². The van der Waals surface area contributed by atoms with Crippen LogP contribution >= 0.6 is 0 Å². The minimum Gasteiger partial charge on any atom is -0.486 e. The van der Waals surface area contributed by atoms with Crippen LogP contribution in [0.2, 0.25) is 0 Å². The Morgan fingerprint density at radius 3 is 2.64 bits per heavy atom. The SMILES string of the molecule is Cc1cc(O[C@H](C)c2ccccc2)ccc1NC(=O)[C@@H]1CCC(=O)N1.